The smallest absolute Gasteiger partial charge is 0.139 e. The summed E-state index contributed by atoms with van der Waals surface area (Å²) in [6.45, 7) is 0. The molecule has 0 fully saturated rings. The zero-order valence-electron chi connectivity index (χ0n) is 8.84. The number of rotatable bonds is 1. The molecule has 3 aromatic heterocycles. The van der Waals surface area contributed by atoms with Crippen LogP contribution < -0.4 is 5.73 Å². The second-order valence-corrected chi connectivity index (χ2v) is 4.12. The van der Waals surface area contributed by atoms with E-state index < -0.39 is 0 Å². The molecule has 84 valence electrons. The lowest BCUT2D eigenvalue weighted by Gasteiger charge is -1.97. The third-order valence-corrected chi connectivity index (χ3v) is 2.86. The minimum Gasteiger partial charge on any atom is -0.396 e. The Morgan fingerprint density at radius 2 is 2.18 bits per heavy atom. The molecule has 5 heteroatoms. The molecule has 0 aliphatic heterocycles. The standard InChI is InChI=1S/C12H9ClN4/c13-9-4-12-16-11(7-17(12)6-10(9)14)8-2-1-3-15-5-8/h1-7H,14H2. The number of aromatic nitrogens is 3. The summed E-state index contributed by atoms with van der Waals surface area (Å²) in [4.78, 5) is 8.53. The molecule has 3 heterocycles. The molecule has 3 rings (SSSR count). The molecule has 0 aromatic carbocycles. The van der Waals surface area contributed by atoms with Crippen LogP contribution in [0.3, 0.4) is 0 Å². The van der Waals surface area contributed by atoms with Crippen LogP contribution in [0.1, 0.15) is 0 Å². The highest BCUT2D eigenvalue weighted by atomic mass is 35.5. The van der Waals surface area contributed by atoms with E-state index >= 15 is 0 Å². The predicted octanol–water partition coefficient (Wildman–Crippen LogP) is 2.63. The molecule has 2 N–H and O–H groups in total. The number of fused-ring (bicyclic) bond motifs is 1. The molecule has 0 amide bonds. The second kappa shape index (κ2) is 3.75. The molecule has 0 bridgehead atoms. The summed E-state index contributed by atoms with van der Waals surface area (Å²) in [6.07, 6.45) is 7.16. The Hall–Kier alpha value is -2.07. The van der Waals surface area contributed by atoms with Crippen LogP contribution in [0.2, 0.25) is 5.02 Å². The summed E-state index contributed by atoms with van der Waals surface area (Å²) in [5.41, 5.74) is 8.85. The Morgan fingerprint density at radius 1 is 1.29 bits per heavy atom. The highest BCUT2D eigenvalue weighted by Crippen LogP contribution is 2.23. The van der Waals surface area contributed by atoms with E-state index in [9.17, 15) is 0 Å². The highest BCUT2D eigenvalue weighted by Gasteiger charge is 2.06. The molecule has 0 atom stereocenters. The highest BCUT2D eigenvalue weighted by molar-refractivity contribution is 6.33. The Labute approximate surface area is 103 Å². The van der Waals surface area contributed by atoms with Crippen molar-refractivity contribution in [3.05, 3.63) is 48.0 Å². The van der Waals surface area contributed by atoms with Gasteiger partial charge in [-0.05, 0) is 12.1 Å². The monoisotopic (exact) mass is 244 g/mol. The Kier molecular flexibility index (Phi) is 2.23. The number of imidazole rings is 1. The molecule has 0 saturated carbocycles. The summed E-state index contributed by atoms with van der Waals surface area (Å²) >= 11 is 5.95. The number of anilines is 1. The van der Waals surface area contributed by atoms with Gasteiger partial charge in [-0.1, -0.05) is 11.6 Å². The number of nitrogens with zero attached hydrogens (tertiary/aromatic N) is 3. The zero-order valence-corrected chi connectivity index (χ0v) is 9.59. The van der Waals surface area contributed by atoms with Crippen LogP contribution in [0, 0.1) is 0 Å². The van der Waals surface area contributed by atoms with Gasteiger partial charge in [0, 0.05) is 36.4 Å². The van der Waals surface area contributed by atoms with E-state index in [0.29, 0.717) is 10.7 Å². The minimum absolute atomic E-state index is 0.515. The molecule has 4 nitrogen and oxygen atoms in total. The van der Waals surface area contributed by atoms with Crippen LogP contribution in [0.25, 0.3) is 16.9 Å². The summed E-state index contributed by atoms with van der Waals surface area (Å²) in [5.74, 6) is 0. The van der Waals surface area contributed by atoms with Crippen molar-refractivity contribution >= 4 is 22.9 Å². The van der Waals surface area contributed by atoms with Crippen molar-refractivity contribution < 1.29 is 0 Å². The maximum Gasteiger partial charge on any atom is 0.139 e. The second-order valence-electron chi connectivity index (χ2n) is 3.71. The number of pyridine rings is 2. The van der Waals surface area contributed by atoms with Crippen LogP contribution in [0.4, 0.5) is 5.69 Å². The van der Waals surface area contributed by atoms with Crippen LogP contribution in [-0.2, 0) is 0 Å². The van der Waals surface area contributed by atoms with Crippen molar-refractivity contribution in [1.82, 2.24) is 14.4 Å². The molecule has 3 aromatic rings. The molecular weight excluding hydrogens is 236 g/mol. The average Bonchev–Trinajstić information content (AvgIpc) is 2.74. The van der Waals surface area contributed by atoms with Crippen molar-refractivity contribution in [2.45, 2.75) is 0 Å². The van der Waals surface area contributed by atoms with Gasteiger partial charge in [0.15, 0.2) is 0 Å². The fraction of sp³-hybridized carbons (Fsp3) is 0. The molecular formula is C12H9ClN4. The van der Waals surface area contributed by atoms with E-state index in [0.717, 1.165) is 16.9 Å². The largest absolute Gasteiger partial charge is 0.396 e. The van der Waals surface area contributed by atoms with Gasteiger partial charge in [-0.3, -0.25) is 4.98 Å². The summed E-state index contributed by atoms with van der Waals surface area (Å²) in [6, 6.07) is 5.58. The number of nitrogen functional groups attached to an aromatic ring is 1. The van der Waals surface area contributed by atoms with E-state index in [1.54, 1.807) is 24.7 Å². The predicted molar refractivity (Wildman–Crippen MR) is 67.8 cm³/mol. The first-order valence-corrected chi connectivity index (χ1v) is 5.46. The van der Waals surface area contributed by atoms with Gasteiger partial charge in [0.05, 0.1) is 16.4 Å². The number of hydrogen-bond acceptors (Lipinski definition) is 3. The van der Waals surface area contributed by atoms with E-state index in [1.807, 2.05) is 22.7 Å². The maximum atomic E-state index is 5.95. The Bertz CT molecular complexity index is 637. The summed E-state index contributed by atoms with van der Waals surface area (Å²) in [7, 11) is 0. The topological polar surface area (TPSA) is 56.2 Å². The molecule has 17 heavy (non-hydrogen) atoms. The normalized spacial score (nSPS) is 10.9. The van der Waals surface area contributed by atoms with E-state index in [2.05, 4.69) is 9.97 Å². The van der Waals surface area contributed by atoms with Gasteiger partial charge in [0.2, 0.25) is 0 Å². The van der Waals surface area contributed by atoms with Crippen LogP contribution in [0.5, 0.6) is 0 Å². The Morgan fingerprint density at radius 3 is 2.94 bits per heavy atom. The number of hydrogen-bond donors (Lipinski definition) is 1. The lowest BCUT2D eigenvalue weighted by Crippen LogP contribution is -1.90. The van der Waals surface area contributed by atoms with Gasteiger partial charge in [0.25, 0.3) is 0 Å². The van der Waals surface area contributed by atoms with Crippen molar-refractivity contribution in [2.75, 3.05) is 5.73 Å². The van der Waals surface area contributed by atoms with Gasteiger partial charge in [-0.15, -0.1) is 0 Å². The molecule has 0 radical (unpaired) electrons. The Balaban J connectivity index is 2.21. The van der Waals surface area contributed by atoms with E-state index in [1.165, 1.54) is 0 Å². The van der Waals surface area contributed by atoms with Crippen LogP contribution >= 0.6 is 11.6 Å². The first-order valence-electron chi connectivity index (χ1n) is 5.08. The maximum absolute atomic E-state index is 5.95. The molecule has 0 aliphatic carbocycles. The van der Waals surface area contributed by atoms with Crippen molar-refractivity contribution in [3.63, 3.8) is 0 Å². The summed E-state index contributed by atoms with van der Waals surface area (Å²) in [5, 5.41) is 0.515. The van der Waals surface area contributed by atoms with Crippen molar-refractivity contribution in [3.8, 4) is 11.3 Å². The number of halogens is 1. The lowest BCUT2D eigenvalue weighted by atomic mass is 10.2. The first kappa shape index (κ1) is 10.1. The fourth-order valence-corrected chi connectivity index (χ4v) is 1.83. The SMILES string of the molecule is Nc1cn2cc(-c3cccnc3)nc2cc1Cl. The minimum atomic E-state index is 0.515. The van der Waals surface area contributed by atoms with Crippen molar-refractivity contribution in [2.24, 2.45) is 0 Å². The molecule has 0 spiro atoms. The first-order chi connectivity index (χ1) is 8.24. The van der Waals surface area contributed by atoms with E-state index in [4.69, 9.17) is 17.3 Å². The average molecular weight is 245 g/mol. The fourth-order valence-electron chi connectivity index (χ4n) is 1.68. The van der Waals surface area contributed by atoms with Crippen molar-refractivity contribution in [1.29, 1.82) is 0 Å². The van der Waals surface area contributed by atoms with Gasteiger partial charge in [-0.2, -0.15) is 0 Å². The van der Waals surface area contributed by atoms with Gasteiger partial charge in [0.1, 0.15) is 5.65 Å². The van der Waals surface area contributed by atoms with Crippen LogP contribution in [-0.4, -0.2) is 14.4 Å². The molecule has 0 unspecified atom stereocenters. The zero-order chi connectivity index (χ0) is 11.8. The number of nitrogens with two attached hydrogens (primary N) is 1. The lowest BCUT2D eigenvalue weighted by molar-refractivity contribution is 1.19. The third-order valence-electron chi connectivity index (χ3n) is 2.53. The molecule has 0 aliphatic rings. The van der Waals surface area contributed by atoms with Gasteiger partial charge >= 0.3 is 0 Å². The molecule has 0 saturated heterocycles. The summed E-state index contributed by atoms with van der Waals surface area (Å²) < 4.78 is 1.85. The quantitative estimate of drug-likeness (QED) is 0.716. The van der Waals surface area contributed by atoms with E-state index in [-0.39, 0.29) is 0 Å². The van der Waals surface area contributed by atoms with Gasteiger partial charge < -0.3 is 10.1 Å². The van der Waals surface area contributed by atoms with Crippen LogP contribution in [0.15, 0.2) is 43.0 Å². The third kappa shape index (κ3) is 1.72. The van der Waals surface area contributed by atoms with Gasteiger partial charge in [-0.25, -0.2) is 4.98 Å².